The third-order valence-electron chi connectivity index (χ3n) is 3.66. The van der Waals surface area contributed by atoms with Crippen molar-refractivity contribution in [2.45, 2.75) is 31.3 Å². The van der Waals surface area contributed by atoms with E-state index < -0.39 is 13.3 Å². The molecule has 130 valence electrons. The van der Waals surface area contributed by atoms with Gasteiger partial charge in [-0.15, -0.1) is 12.6 Å². The van der Waals surface area contributed by atoms with Crippen molar-refractivity contribution in [2.24, 2.45) is 0 Å². The van der Waals surface area contributed by atoms with E-state index in [1.807, 2.05) is 63.2 Å². The first kappa shape index (κ1) is 19.6. The van der Waals surface area contributed by atoms with Crippen LogP contribution in [0.1, 0.15) is 36.2 Å². The summed E-state index contributed by atoms with van der Waals surface area (Å²) in [7, 11) is -3.43. The highest BCUT2D eigenvalue weighted by molar-refractivity contribution is 7.80. The molecule has 0 aliphatic heterocycles. The molecule has 0 spiro atoms. The number of halogens is 1. The minimum atomic E-state index is -3.43. The van der Waals surface area contributed by atoms with Gasteiger partial charge in [-0.2, -0.15) is 0 Å². The molecule has 1 atom stereocenters. The molecule has 0 bridgehead atoms. The molecule has 2 rings (SSSR count). The Hall–Kier alpha value is -0.770. The van der Waals surface area contributed by atoms with E-state index in [1.54, 1.807) is 0 Å². The van der Waals surface area contributed by atoms with Gasteiger partial charge in [0.1, 0.15) is 5.66 Å². The topological polar surface area (TPSA) is 35.5 Å². The highest BCUT2D eigenvalue weighted by Gasteiger charge is 2.39. The number of hydrogen-bond acceptors (Lipinski definition) is 4. The second-order valence-electron chi connectivity index (χ2n) is 5.35. The molecule has 0 aromatic heterocycles. The van der Waals surface area contributed by atoms with E-state index >= 15 is 0 Å². The molecule has 0 heterocycles. The molecule has 0 aliphatic carbocycles. The zero-order valence-corrected chi connectivity index (χ0v) is 16.6. The Kier molecular flexibility index (Phi) is 6.97. The van der Waals surface area contributed by atoms with Gasteiger partial charge in [0.05, 0.1) is 13.2 Å². The van der Waals surface area contributed by atoms with Gasteiger partial charge in [-0.05, 0) is 49.6 Å². The van der Waals surface area contributed by atoms with Crippen LogP contribution in [0.5, 0.6) is 0 Å². The quantitative estimate of drug-likeness (QED) is 0.450. The molecular weight excluding hydrogens is 363 g/mol. The fourth-order valence-electron chi connectivity index (χ4n) is 2.64. The number of benzene rings is 2. The summed E-state index contributed by atoms with van der Waals surface area (Å²) in [6.07, 6.45) is 0. The summed E-state index contributed by atoms with van der Waals surface area (Å²) < 4.78 is 24.8. The Balaban J connectivity index is 2.67. The lowest BCUT2D eigenvalue weighted by molar-refractivity contribution is 0.215. The first-order chi connectivity index (χ1) is 11.4. The molecule has 1 unspecified atom stereocenters. The van der Waals surface area contributed by atoms with Crippen LogP contribution in [-0.2, 0) is 13.6 Å². The zero-order valence-electron chi connectivity index (χ0n) is 14.0. The van der Waals surface area contributed by atoms with E-state index in [4.69, 9.17) is 20.6 Å². The molecule has 6 heteroatoms. The molecule has 0 amide bonds. The minimum absolute atomic E-state index is 0.301. The Labute approximate surface area is 154 Å². The van der Waals surface area contributed by atoms with Crippen molar-refractivity contribution in [1.29, 1.82) is 0 Å². The summed E-state index contributed by atoms with van der Waals surface area (Å²) in [5.74, 6) is 0. The van der Waals surface area contributed by atoms with Crippen LogP contribution in [0.2, 0.25) is 5.02 Å². The Morgan fingerprint density at radius 2 is 1.75 bits per heavy atom. The first-order valence-corrected chi connectivity index (χ1v) is 10.3. The summed E-state index contributed by atoms with van der Waals surface area (Å²) in [5, 5.41) is 0.666. The number of hydrogen-bond donors (Lipinski definition) is 1. The maximum Gasteiger partial charge on any atom is 0.342 e. The Bertz CT molecular complexity index is 741. The number of aryl methyl sites for hydroxylation is 1. The van der Waals surface area contributed by atoms with Gasteiger partial charge in [0.2, 0.25) is 0 Å². The standard InChI is InChI=1S/C18H22ClO3PS/c1-4-21-23(20,22-5-2)18(15-8-6-7-9-17(15)24)14-10-11-16(19)13(3)12-14/h6-12,18,24H,4-5H2,1-3H3. The molecule has 0 aliphatic rings. The van der Waals surface area contributed by atoms with Crippen LogP contribution in [-0.4, -0.2) is 13.2 Å². The Morgan fingerprint density at radius 1 is 1.12 bits per heavy atom. The summed E-state index contributed by atoms with van der Waals surface area (Å²) in [6.45, 7) is 6.14. The van der Waals surface area contributed by atoms with E-state index in [1.165, 1.54) is 0 Å². The number of thiol groups is 1. The molecule has 0 radical (unpaired) electrons. The lowest BCUT2D eigenvalue weighted by Crippen LogP contribution is -2.09. The van der Waals surface area contributed by atoms with Crippen LogP contribution >= 0.6 is 31.8 Å². The molecule has 2 aromatic rings. The lowest BCUT2D eigenvalue weighted by atomic mass is 10.0. The lowest BCUT2D eigenvalue weighted by Gasteiger charge is -2.28. The fraction of sp³-hybridized carbons (Fsp3) is 0.333. The van der Waals surface area contributed by atoms with Gasteiger partial charge < -0.3 is 9.05 Å². The SMILES string of the molecule is CCOP(=O)(OCC)C(c1ccc(Cl)c(C)c1)c1ccccc1S. The molecule has 0 saturated carbocycles. The van der Waals surface area contributed by atoms with Crippen molar-refractivity contribution in [1.82, 2.24) is 0 Å². The zero-order chi connectivity index (χ0) is 17.7. The molecule has 3 nitrogen and oxygen atoms in total. The highest BCUT2D eigenvalue weighted by Crippen LogP contribution is 2.64. The smallest absolute Gasteiger partial charge is 0.308 e. The van der Waals surface area contributed by atoms with Crippen LogP contribution in [0.3, 0.4) is 0 Å². The van der Waals surface area contributed by atoms with Crippen molar-refractivity contribution in [2.75, 3.05) is 13.2 Å². The van der Waals surface area contributed by atoms with Gasteiger partial charge in [0, 0.05) is 9.92 Å². The third-order valence-corrected chi connectivity index (χ3v) is 6.94. The summed E-state index contributed by atoms with van der Waals surface area (Å²) in [4.78, 5) is 0.745. The minimum Gasteiger partial charge on any atom is -0.308 e. The summed E-state index contributed by atoms with van der Waals surface area (Å²) >= 11 is 10.7. The van der Waals surface area contributed by atoms with Crippen molar-refractivity contribution < 1.29 is 13.6 Å². The second kappa shape index (κ2) is 8.55. The van der Waals surface area contributed by atoms with Crippen LogP contribution in [0.25, 0.3) is 0 Å². The molecule has 0 fully saturated rings. The third kappa shape index (κ3) is 4.25. The molecule has 0 N–H and O–H groups in total. The maximum absolute atomic E-state index is 13.6. The van der Waals surface area contributed by atoms with Crippen LogP contribution < -0.4 is 0 Å². The van der Waals surface area contributed by atoms with Crippen molar-refractivity contribution >= 4 is 31.8 Å². The van der Waals surface area contributed by atoms with Crippen molar-refractivity contribution in [3.8, 4) is 0 Å². The first-order valence-electron chi connectivity index (χ1n) is 7.85. The van der Waals surface area contributed by atoms with E-state index in [9.17, 15) is 4.57 Å². The predicted octanol–water partition coefficient (Wildman–Crippen LogP) is 6.29. The van der Waals surface area contributed by atoms with Crippen molar-refractivity contribution in [3.05, 3.63) is 64.2 Å². The largest absolute Gasteiger partial charge is 0.342 e. The van der Waals surface area contributed by atoms with E-state index in [0.717, 1.165) is 21.6 Å². The van der Waals surface area contributed by atoms with Gasteiger partial charge >= 0.3 is 7.60 Å². The molecule has 0 saturated heterocycles. The average Bonchev–Trinajstić information content (AvgIpc) is 2.53. The maximum atomic E-state index is 13.6. The van der Waals surface area contributed by atoms with Crippen molar-refractivity contribution in [3.63, 3.8) is 0 Å². The van der Waals surface area contributed by atoms with Gasteiger partial charge in [0.15, 0.2) is 0 Å². The van der Waals surface area contributed by atoms with E-state index in [-0.39, 0.29) is 0 Å². The van der Waals surface area contributed by atoms with Crippen LogP contribution in [0.4, 0.5) is 0 Å². The summed E-state index contributed by atoms with van der Waals surface area (Å²) in [5.41, 5.74) is 2.01. The van der Waals surface area contributed by atoms with Crippen LogP contribution in [0, 0.1) is 6.92 Å². The van der Waals surface area contributed by atoms with Gasteiger partial charge in [-0.1, -0.05) is 41.9 Å². The van der Waals surface area contributed by atoms with Crippen LogP contribution in [0.15, 0.2) is 47.4 Å². The van der Waals surface area contributed by atoms with E-state index in [2.05, 4.69) is 12.6 Å². The van der Waals surface area contributed by atoms with Gasteiger partial charge in [-0.3, -0.25) is 4.57 Å². The average molecular weight is 385 g/mol. The van der Waals surface area contributed by atoms with E-state index in [0.29, 0.717) is 18.2 Å². The molecular formula is C18H22ClO3PS. The normalized spacial score (nSPS) is 13.0. The number of rotatable bonds is 7. The second-order valence-corrected chi connectivity index (χ2v) is 8.35. The predicted molar refractivity (Wildman–Crippen MR) is 103 cm³/mol. The molecule has 2 aromatic carbocycles. The monoisotopic (exact) mass is 384 g/mol. The van der Waals surface area contributed by atoms with Gasteiger partial charge in [0.25, 0.3) is 0 Å². The Morgan fingerprint density at radius 3 is 2.29 bits per heavy atom. The van der Waals surface area contributed by atoms with Gasteiger partial charge in [-0.25, -0.2) is 0 Å². The fourth-order valence-corrected chi connectivity index (χ4v) is 5.33. The summed E-state index contributed by atoms with van der Waals surface area (Å²) in [6, 6.07) is 13.2. The highest BCUT2D eigenvalue weighted by atomic mass is 35.5. The molecule has 24 heavy (non-hydrogen) atoms.